The molecule has 5 nitrogen and oxygen atoms in total. The number of benzene rings is 2. The lowest BCUT2D eigenvalue weighted by molar-refractivity contribution is 0.0997. The van der Waals surface area contributed by atoms with Gasteiger partial charge in [0.15, 0.2) is 0 Å². The molecular formula is C15H16N2O3S. The number of aryl methyl sites for hydroxylation is 1. The highest BCUT2D eigenvalue weighted by atomic mass is 32.2. The number of rotatable bonds is 3. The molecule has 0 aliphatic carbocycles. The average Bonchev–Trinajstić information content (AvgIpc) is 2.41. The molecule has 0 unspecified atom stereocenters. The summed E-state index contributed by atoms with van der Waals surface area (Å²) in [5.74, 6) is -0.771. The van der Waals surface area contributed by atoms with Gasteiger partial charge in [0.2, 0.25) is 15.7 Å². The van der Waals surface area contributed by atoms with Gasteiger partial charge in [0.1, 0.15) is 0 Å². The van der Waals surface area contributed by atoms with Crippen molar-refractivity contribution in [3.05, 3.63) is 53.1 Å². The third-order valence-corrected chi connectivity index (χ3v) is 5.36. The normalized spacial score (nSPS) is 11.3. The molecule has 2 aromatic carbocycles. The number of amides is 1. The van der Waals surface area contributed by atoms with E-state index in [4.69, 9.17) is 11.5 Å². The molecule has 0 aliphatic heterocycles. The van der Waals surface area contributed by atoms with Crippen LogP contribution in [0.1, 0.15) is 21.5 Å². The van der Waals surface area contributed by atoms with Crippen LogP contribution >= 0.6 is 0 Å². The smallest absolute Gasteiger partial charge is 0.250 e. The number of primary amides is 1. The summed E-state index contributed by atoms with van der Waals surface area (Å²) in [4.78, 5) is 11.6. The Morgan fingerprint density at radius 3 is 2.10 bits per heavy atom. The van der Waals surface area contributed by atoms with Crippen LogP contribution in [0, 0.1) is 13.8 Å². The summed E-state index contributed by atoms with van der Waals surface area (Å²) in [7, 11) is -3.84. The third-order valence-electron chi connectivity index (χ3n) is 3.40. The number of anilines is 1. The van der Waals surface area contributed by atoms with E-state index in [1.54, 1.807) is 19.9 Å². The van der Waals surface area contributed by atoms with Gasteiger partial charge < -0.3 is 11.5 Å². The fraction of sp³-hybridized carbons (Fsp3) is 0.133. The summed E-state index contributed by atoms with van der Waals surface area (Å²) in [6, 6.07) is 8.95. The molecule has 0 radical (unpaired) electrons. The zero-order chi connectivity index (χ0) is 15.8. The molecular weight excluding hydrogens is 288 g/mol. The van der Waals surface area contributed by atoms with Crippen molar-refractivity contribution in [3.8, 4) is 0 Å². The average molecular weight is 304 g/mol. The minimum atomic E-state index is -3.84. The Labute approximate surface area is 123 Å². The molecule has 1 amide bonds. The van der Waals surface area contributed by atoms with Gasteiger partial charge in [0.25, 0.3) is 0 Å². The first kappa shape index (κ1) is 15.1. The van der Waals surface area contributed by atoms with Crippen molar-refractivity contribution in [1.29, 1.82) is 0 Å². The lowest BCUT2D eigenvalue weighted by atomic mass is 10.1. The number of carbonyl (C=O) groups excluding carboxylic acids is 1. The summed E-state index contributed by atoms with van der Waals surface area (Å²) in [5, 5.41) is 0. The lowest BCUT2D eigenvalue weighted by Crippen LogP contribution is -2.18. The summed E-state index contributed by atoms with van der Waals surface area (Å²) >= 11 is 0. The number of carbonyl (C=O) groups is 1. The van der Waals surface area contributed by atoms with Gasteiger partial charge in [-0.15, -0.1) is 0 Å². The van der Waals surface area contributed by atoms with Crippen molar-refractivity contribution in [1.82, 2.24) is 0 Å². The van der Waals surface area contributed by atoms with Crippen LogP contribution in [0.3, 0.4) is 0 Å². The van der Waals surface area contributed by atoms with Crippen LogP contribution in [-0.4, -0.2) is 14.3 Å². The molecule has 0 heterocycles. The van der Waals surface area contributed by atoms with Crippen LogP contribution in [0.25, 0.3) is 0 Å². The minimum absolute atomic E-state index is 0.00470. The van der Waals surface area contributed by atoms with Gasteiger partial charge in [-0.2, -0.15) is 0 Å². The first-order chi connectivity index (χ1) is 9.75. The van der Waals surface area contributed by atoms with E-state index in [9.17, 15) is 13.2 Å². The Morgan fingerprint density at radius 1 is 1.00 bits per heavy atom. The van der Waals surface area contributed by atoms with Crippen LogP contribution in [0.4, 0.5) is 5.69 Å². The molecule has 4 N–H and O–H groups in total. The van der Waals surface area contributed by atoms with E-state index in [0.29, 0.717) is 11.3 Å². The number of sulfone groups is 1. The maximum atomic E-state index is 12.8. The number of nitrogen functional groups attached to an aromatic ring is 1. The first-order valence-electron chi connectivity index (χ1n) is 6.26. The monoisotopic (exact) mass is 304 g/mol. The zero-order valence-corrected chi connectivity index (χ0v) is 12.6. The fourth-order valence-electron chi connectivity index (χ4n) is 2.10. The largest absolute Gasteiger partial charge is 0.399 e. The Balaban J connectivity index is 2.78. The fourth-order valence-corrected chi connectivity index (χ4v) is 3.85. The molecule has 0 bridgehead atoms. The van der Waals surface area contributed by atoms with E-state index in [1.165, 1.54) is 30.3 Å². The van der Waals surface area contributed by atoms with Crippen LogP contribution in [0.5, 0.6) is 0 Å². The van der Waals surface area contributed by atoms with Gasteiger partial charge in [-0.1, -0.05) is 6.07 Å². The lowest BCUT2D eigenvalue weighted by Gasteiger charge is -2.13. The number of hydrogen-bond acceptors (Lipinski definition) is 4. The van der Waals surface area contributed by atoms with Crippen molar-refractivity contribution >= 4 is 21.4 Å². The highest BCUT2D eigenvalue weighted by molar-refractivity contribution is 7.91. The SMILES string of the molecule is Cc1ccc(C(N)=O)c(S(=O)(=O)c2ccc(N)cc2)c1C. The summed E-state index contributed by atoms with van der Waals surface area (Å²) in [6.07, 6.45) is 0. The Hall–Kier alpha value is -2.34. The summed E-state index contributed by atoms with van der Waals surface area (Å²) in [6.45, 7) is 3.44. The third kappa shape index (κ3) is 2.62. The molecule has 2 rings (SSSR count). The van der Waals surface area contributed by atoms with Gasteiger partial charge >= 0.3 is 0 Å². The Kier molecular flexibility index (Phi) is 3.74. The zero-order valence-electron chi connectivity index (χ0n) is 11.8. The van der Waals surface area contributed by atoms with Crippen LogP contribution < -0.4 is 11.5 Å². The quantitative estimate of drug-likeness (QED) is 0.844. The van der Waals surface area contributed by atoms with E-state index < -0.39 is 15.7 Å². The summed E-state index contributed by atoms with van der Waals surface area (Å²) in [5.41, 5.74) is 12.6. The second kappa shape index (κ2) is 5.21. The molecule has 0 atom stereocenters. The van der Waals surface area contributed by atoms with Gasteiger partial charge in [-0.05, 0) is 55.3 Å². The van der Waals surface area contributed by atoms with E-state index in [1.807, 2.05) is 0 Å². The highest BCUT2D eigenvalue weighted by Gasteiger charge is 2.26. The molecule has 0 saturated heterocycles. The van der Waals surface area contributed by atoms with E-state index in [2.05, 4.69) is 0 Å². The molecule has 6 heteroatoms. The van der Waals surface area contributed by atoms with Crippen molar-refractivity contribution in [2.45, 2.75) is 23.6 Å². The molecule has 0 aromatic heterocycles. The molecule has 0 spiro atoms. The van der Waals surface area contributed by atoms with E-state index in [0.717, 1.165) is 5.56 Å². The first-order valence-corrected chi connectivity index (χ1v) is 7.74. The second-order valence-electron chi connectivity index (χ2n) is 4.82. The van der Waals surface area contributed by atoms with Crippen LogP contribution in [-0.2, 0) is 9.84 Å². The molecule has 21 heavy (non-hydrogen) atoms. The van der Waals surface area contributed by atoms with E-state index >= 15 is 0 Å². The number of hydrogen-bond donors (Lipinski definition) is 2. The van der Waals surface area contributed by atoms with Gasteiger partial charge in [0, 0.05) is 5.69 Å². The van der Waals surface area contributed by atoms with Crippen molar-refractivity contribution in [2.75, 3.05) is 5.73 Å². The molecule has 110 valence electrons. The predicted molar refractivity (Wildman–Crippen MR) is 80.7 cm³/mol. The maximum Gasteiger partial charge on any atom is 0.250 e. The molecule has 0 aliphatic rings. The van der Waals surface area contributed by atoms with Crippen molar-refractivity contribution < 1.29 is 13.2 Å². The second-order valence-corrected chi connectivity index (χ2v) is 6.71. The topological polar surface area (TPSA) is 103 Å². The van der Waals surface area contributed by atoms with Gasteiger partial charge in [-0.25, -0.2) is 8.42 Å². The maximum absolute atomic E-state index is 12.8. The molecule has 2 aromatic rings. The standard InChI is InChI=1S/C15H16N2O3S/c1-9-3-8-13(15(17)18)14(10(9)2)21(19,20)12-6-4-11(16)5-7-12/h3-8H,16H2,1-2H3,(H2,17,18). The molecule has 0 fully saturated rings. The van der Waals surface area contributed by atoms with Crippen molar-refractivity contribution in [3.63, 3.8) is 0 Å². The number of nitrogens with two attached hydrogens (primary N) is 2. The van der Waals surface area contributed by atoms with Crippen LogP contribution in [0.15, 0.2) is 46.2 Å². The Morgan fingerprint density at radius 2 is 1.57 bits per heavy atom. The highest BCUT2D eigenvalue weighted by Crippen LogP contribution is 2.29. The minimum Gasteiger partial charge on any atom is -0.399 e. The van der Waals surface area contributed by atoms with Crippen molar-refractivity contribution in [2.24, 2.45) is 5.73 Å². The Bertz CT molecular complexity index is 810. The predicted octanol–water partition coefficient (Wildman–Crippen LogP) is 1.82. The summed E-state index contributed by atoms with van der Waals surface area (Å²) < 4.78 is 25.6. The van der Waals surface area contributed by atoms with Gasteiger partial charge in [0.05, 0.1) is 15.4 Å². The van der Waals surface area contributed by atoms with Gasteiger partial charge in [-0.3, -0.25) is 4.79 Å². The molecule has 0 saturated carbocycles. The van der Waals surface area contributed by atoms with Crippen LogP contribution in [0.2, 0.25) is 0 Å². The van der Waals surface area contributed by atoms with E-state index in [-0.39, 0.29) is 15.4 Å².